The van der Waals surface area contributed by atoms with Gasteiger partial charge in [0.05, 0.1) is 6.54 Å². The van der Waals surface area contributed by atoms with Crippen LogP contribution in [0.15, 0.2) is 42.5 Å². The maximum atomic E-state index is 12.8. The first-order valence-corrected chi connectivity index (χ1v) is 8.79. The summed E-state index contributed by atoms with van der Waals surface area (Å²) in [6.45, 7) is 1.48. The molecule has 0 N–H and O–H groups in total. The molecule has 118 valence electrons. The van der Waals surface area contributed by atoms with Gasteiger partial charge in [0.1, 0.15) is 0 Å². The number of carbonyl (C=O) groups is 1. The number of ketones is 1. The minimum absolute atomic E-state index is 0.245. The Bertz CT molecular complexity index is 734. The van der Waals surface area contributed by atoms with Crippen molar-refractivity contribution in [3.8, 4) is 0 Å². The molecule has 23 heavy (non-hydrogen) atoms. The van der Waals surface area contributed by atoms with Crippen LogP contribution in [0.5, 0.6) is 0 Å². The maximum Gasteiger partial charge on any atom is 0.182 e. The van der Waals surface area contributed by atoms with Crippen molar-refractivity contribution < 1.29 is 4.79 Å². The largest absolute Gasteiger partial charge is 0.364 e. The van der Waals surface area contributed by atoms with Gasteiger partial charge in [0, 0.05) is 17.8 Å². The summed E-state index contributed by atoms with van der Waals surface area (Å²) < 4.78 is 0. The normalized spacial score (nSPS) is 16.6. The van der Waals surface area contributed by atoms with Gasteiger partial charge in [-0.1, -0.05) is 30.3 Å². The highest BCUT2D eigenvalue weighted by atomic mass is 16.1. The third kappa shape index (κ3) is 2.90. The van der Waals surface area contributed by atoms with Crippen molar-refractivity contribution in [2.24, 2.45) is 0 Å². The molecule has 2 aliphatic rings. The zero-order chi connectivity index (χ0) is 15.6. The Labute approximate surface area is 138 Å². The zero-order valence-electron chi connectivity index (χ0n) is 13.6. The molecule has 0 saturated carbocycles. The van der Waals surface area contributed by atoms with Crippen molar-refractivity contribution in [2.45, 2.75) is 38.5 Å². The molecule has 1 aliphatic heterocycles. The first kappa shape index (κ1) is 14.5. The van der Waals surface area contributed by atoms with E-state index in [0.717, 1.165) is 31.4 Å². The van der Waals surface area contributed by atoms with Crippen molar-refractivity contribution in [1.29, 1.82) is 0 Å². The minimum atomic E-state index is 0.245. The fraction of sp³-hybridized carbons (Fsp3) is 0.381. The quantitative estimate of drug-likeness (QED) is 0.792. The Hall–Kier alpha value is -2.09. The van der Waals surface area contributed by atoms with Crippen LogP contribution >= 0.6 is 0 Å². The first-order chi connectivity index (χ1) is 11.3. The van der Waals surface area contributed by atoms with Gasteiger partial charge in [-0.2, -0.15) is 0 Å². The van der Waals surface area contributed by atoms with E-state index in [1.165, 1.54) is 41.6 Å². The molecule has 0 radical (unpaired) electrons. The molecule has 0 atom stereocenters. The second-order valence-corrected chi connectivity index (χ2v) is 6.77. The van der Waals surface area contributed by atoms with Crippen LogP contribution in [0.3, 0.4) is 0 Å². The molecule has 2 heteroatoms. The number of Topliss-reactive ketones (excluding diaryl/α,β-unsaturated/α-hetero) is 1. The Morgan fingerprint density at radius 1 is 0.870 bits per heavy atom. The lowest BCUT2D eigenvalue weighted by atomic mass is 9.89. The average Bonchev–Trinajstić information content (AvgIpc) is 2.61. The van der Waals surface area contributed by atoms with E-state index in [2.05, 4.69) is 41.3 Å². The molecule has 2 nitrogen and oxygen atoms in total. The number of hydrogen-bond donors (Lipinski definition) is 0. The van der Waals surface area contributed by atoms with E-state index in [0.29, 0.717) is 6.54 Å². The number of nitrogens with zero attached hydrogens (tertiary/aromatic N) is 1. The summed E-state index contributed by atoms with van der Waals surface area (Å²) in [6.07, 6.45) is 7.09. The predicted molar refractivity (Wildman–Crippen MR) is 94.4 cm³/mol. The van der Waals surface area contributed by atoms with Crippen LogP contribution in [0.2, 0.25) is 0 Å². The predicted octanol–water partition coefficient (Wildman–Crippen LogP) is 4.20. The molecular formula is C21H23NO. The van der Waals surface area contributed by atoms with Crippen LogP contribution in [0, 0.1) is 0 Å². The van der Waals surface area contributed by atoms with E-state index in [1.54, 1.807) is 0 Å². The number of anilines is 1. The molecule has 0 aromatic heterocycles. The van der Waals surface area contributed by atoms with Gasteiger partial charge in [0.2, 0.25) is 0 Å². The summed E-state index contributed by atoms with van der Waals surface area (Å²) in [5.74, 6) is 0.245. The van der Waals surface area contributed by atoms with Crippen LogP contribution in [-0.4, -0.2) is 18.9 Å². The molecular weight excluding hydrogens is 282 g/mol. The van der Waals surface area contributed by atoms with E-state index >= 15 is 0 Å². The van der Waals surface area contributed by atoms with Gasteiger partial charge in [-0.05, 0) is 67.3 Å². The molecule has 1 aliphatic carbocycles. The molecule has 2 aromatic carbocycles. The van der Waals surface area contributed by atoms with Crippen molar-refractivity contribution >= 4 is 11.5 Å². The summed E-state index contributed by atoms with van der Waals surface area (Å²) in [4.78, 5) is 15.0. The Morgan fingerprint density at radius 3 is 2.57 bits per heavy atom. The molecule has 0 unspecified atom stereocenters. The van der Waals surface area contributed by atoms with E-state index in [1.807, 2.05) is 6.07 Å². The summed E-state index contributed by atoms with van der Waals surface area (Å²) in [5.41, 5.74) is 6.33. The van der Waals surface area contributed by atoms with Crippen LogP contribution in [0.1, 0.15) is 46.3 Å². The van der Waals surface area contributed by atoms with Crippen molar-refractivity contribution in [3.63, 3.8) is 0 Å². The zero-order valence-corrected chi connectivity index (χ0v) is 13.6. The Morgan fingerprint density at radius 2 is 1.65 bits per heavy atom. The Balaban J connectivity index is 1.55. The summed E-state index contributed by atoms with van der Waals surface area (Å²) in [6, 6.07) is 14.8. The smallest absolute Gasteiger partial charge is 0.182 e. The molecule has 0 spiro atoms. The number of para-hydroxylation sites is 1. The summed E-state index contributed by atoms with van der Waals surface area (Å²) in [7, 11) is 0. The number of rotatable bonds is 3. The number of fused-ring (bicyclic) bond motifs is 2. The van der Waals surface area contributed by atoms with E-state index in [-0.39, 0.29) is 5.78 Å². The van der Waals surface area contributed by atoms with Crippen molar-refractivity contribution in [3.05, 3.63) is 64.7 Å². The van der Waals surface area contributed by atoms with E-state index in [9.17, 15) is 4.79 Å². The van der Waals surface area contributed by atoms with E-state index in [4.69, 9.17) is 0 Å². The molecule has 1 heterocycles. The summed E-state index contributed by atoms with van der Waals surface area (Å²) in [5, 5.41) is 0. The second-order valence-electron chi connectivity index (χ2n) is 6.77. The molecule has 0 amide bonds. The van der Waals surface area contributed by atoms with Gasteiger partial charge in [-0.25, -0.2) is 0 Å². The summed E-state index contributed by atoms with van der Waals surface area (Å²) >= 11 is 0. The number of aryl methyl sites for hydroxylation is 3. The highest BCUT2D eigenvalue weighted by Crippen LogP contribution is 2.27. The highest BCUT2D eigenvalue weighted by molar-refractivity contribution is 5.99. The number of benzene rings is 2. The lowest BCUT2D eigenvalue weighted by molar-refractivity contribution is 0.0998. The van der Waals surface area contributed by atoms with Crippen LogP contribution in [0.25, 0.3) is 0 Å². The van der Waals surface area contributed by atoms with Crippen LogP contribution in [0.4, 0.5) is 5.69 Å². The number of hydrogen-bond acceptors (Lipinski definition) is 2. The molecule has 2 aromatic rings. The number of carbonyl (C=O) groups excluding carboxylic acids is 1. The SMILES string of the molecule is O=C(CN1CCCc2ccccc21)c1ccc2c(c1)CCCC2. The monoisotopic (exact) mass is 305 g/mol. The average molecular weight is 305 g/mol. The van der Waals surface area contributed by atoms with E-state index < -0.39 is 0 Å². The Kier molecular flexibility index (Phi) is 3.90. The maximum absolute atomic E-state index is 12.8. The standard InChI is InChI=1S/C21H23NO/c23-21(19-12-11-16-6-1-2-8-18(16)14-19)15-22-13-5-9-17-7-3-4-10-20(17)22/h3-4,7,10-12,14H,1-2,5-6,8-9,13,15H2. The van der Waals surface area contributed by atoms with Crippen molar-refractivity contribution in [2.75, 3.05) is 18.0 Å². The van der Waals surface area contributed by atoms with Crippen LogP contribution in [-0.2, 0) is 19.3 Å². The fourth-order valence-electron chi connectivity index (χ4n) is 3.95. The minimum Gasteiger partial charge on any atom is -0.364 e. The molecule has 0 fully saturated rings. The van der Waals surface area contributed by atoms with Gasteiger partial charge in [0.15, 0.2) is 5.78 Å². The molecule has 0 saturated heterocycles. The molecule has 4 rings (SSSR count). The van der Waals surface area contributed by atoms with Gasteiger partial charge >= 0.3 is 0 Å². The second kappa shape index (κ2) is 6.19. The molecule has 0 bridgehead atoms. The highest BCUT2D eigenvalue weighted by Gasteiger charge is 2.20. The third-order valence-corrected chi connectivity index (χ3v) is 5.21. The fourth-order valence-corrected chi connectivity index (χ4v) is 3.95. The lowest BCUT2D eigenvalue weighted by Gasteiger charge is -2.30. The van der Waals surface area contributed by atoms with Gasteiger partial charge in [-0.15, -0.1) is 0 Å². The first-order valence-electron chi connectivity index (χ1n) is 8.79. The van der Waals surface area contributed by atoms with Gasteiger partial charge in [0.25, 0.3) is 0 Å². The lowest BCUT2D eigenvalue weighted by Crippen LogP contribution is -2.34. The van der Waals surface area contributed by atoms with Gasteiger partial charge in [-0.3, -0.25) is 4.79 Å². The van der Waals surface area contributed by atoms with Crippen molar-refractivity contribution in [1.82, 2.24) is 0 Å². The topological polar surface area (TPSA) is 20.3 Å². The van der Waals surface area contributed by atoms with Crippen LogP contribution < -0.4 is 4.90 Å². The van der Waals surface area contributed by atoms with Gasteiger partial charge < -0.3 is 4.90 Å². The third-order valence-electron chi connectivity index (χ3n) is 5.21.